The van der Waals surface area contributed by atoms with Crippen molar-refractivity contribution in [3.8, 4) is 0 Å². The molecule has 1 aromatic rings. The number of aryl methyl sites for hydroxylation is 1. The van der Waals surface area contributed by atoms with Crippen molar-refractivity contribution in [2.45, 2.75) is 19.1 Å². The number of hydrogen-bond acceptors (Lipinski definition) is 4. The SMILES string of the molecule is Cc1nc(C(C)SS)n[nH]1. The van der Waals surface area contributed by atoms with E-state index in [-0.39, 0.29) is 5.25 Å². The van der Waals surface area contributed by atoms with Crippen molar-refractivity contribution in [3.63, 3.8) is 0 Å². The molecule has 0 aliphatic carbocycles. The Morgan fingerprint density at radius 3 is 2.80 bits per heavy atom. The third-order valence-corrected chi connectivity index (χ3v) is 2.61. The normalized spacial score (nSPS) is 13.5. The molecule has 56 valence electrons. The van der Waals surface area contributed by atoms with E-state index >= 15 is 0 Å². The van der Waals surface area contributed by atoms with Gasteiger partial charge in [-0.2, -0.15) is 5.10 Å². The summed E-state index contributed by atoms with van der Waals surface area (Å²) in [4.78, 5) is 4.15. The summed E-state index contributed by atoms with van der Waals surface area (Å²) in [6.07, 6.45) is 0. The van der Waals surface area contributed by atoms with Gasteiger partial charge in [-0.1, -0.05) is 10.8 Å². The van der Waals surface area contributed by atoms with E-state index in [4.69, 9.17) is 0 Å². The second kappa shape index (κ2) is 3.30. The molecule has 0 bridgehead atoms. The molecule has 0 aromatic carbocycles. The zero-order valence-electron chi connectivity index (χ0n) is 5.83. The van der Waals surface area contributed by atoms with E-state index in [1.165, 1.54) is 10.8 Å². The smallest absolute Gasteiger partial charge is 0.164 e. The lowest BCUT2D eigenvalue weighted by Crippen LogP contribution is -1.88. The minimum absolute atomic E-state index is 0.258. The molecule has 0 aliphatic rings. The van der Waals surface area contributed by atoms with Gasteiger partial charge < -0.3 is 0 Å². The predicted octanol–water partition coefficient (Wildman–Crippen LogP) is 1.75. The predicted molar refractivity (Wildman–Crippen MR) is 46.1 cm³/mol. The molecule has 1 atom stereocenters. The number of hydrogen-bond donors (Lipinski definition) is 2. The van der Waals surface area contributed by atoms with Crippen LogP contribution < -0.4 is 0 Å². The van der Waals surface area contributed by atoms with Crippen molar-refractivity contribution in [2.24, 2.45) is 0 Å². The van der Waals surface area contributed by atoms with Crippen LogP contribution in [0.3, 0.4) is 0 Å². The molecule has 5 heteroatoms. The zero-order valence-corrected chi connectivity index (χ0v) is 7.54. The zero-order chi connectivity index (χ0) is 7.56. The standard InChI is InChI=1S/C5H9N3S2/c1-3(10-9)5-6-4(2)7-8-5/h3,9H,1-2H3,(H,6,7,8). The average molecular weight is 175 g/mol. The van der Waals surface area contributed by atoms with Crippen LogP contribution in [0.2, 0.25) is 0 Å². The molecule has 1 rings (SSSR count). The van der Waals surface area contributed by atoms with Crippen molar-refractivity contribution < 1.29 is 0 Å². The van der Waals surface area contributed by atoms with Crippen LogP contribution in [0.5, 0.6) is 0 Å². The van der Waals surface area contributed by atoms with Gasteiger partial charge in [-0.05, 0) is 13.8 Å². The Bertz CT molecular complexity index is 210. The maximum absolute atomic E-state index is 4.15. The van der Waals surface area contributed by atoms with Crippen molar-refractivity contribution in [3.05, 3.63) is 11.6 Å². The Labute approximate surface area is 68.8 Å². The van der Waals surface area contributed by atoms with Crippen LogP contribution >= 0.6 is 22.5 Å². The summed E-state index contributed by atoms with van der Waals surface area (Å²) in [5.41, 5.74) is 0. The number of rotatable bonds is 2. The number of nitrogens with zero attached hydrogens (tertiary/aromatic N) is 2. The van der Waals surface area contributed by atoms with E-state index in [1.54, 1.807) is 0 Å². The van der Waals surface area contributed by atoms with Crippen LogP contribution in [0.15, 0.2) is 0 Å². The maximum atomic E-state index is 4.15. The Morgan fingerprint density at radius 2 is 2.40 bits per heavy atom. The van der Waals surface area contributed by atoms with Crippen molar-refractivity contribution in [1.82, 2.24) is 15.2 Å². The molecule has 10 heavy (non-hydrogen) atoms. The van der Waals surface area contributed by atoms with Crippen LogP contribution in [-0.4, -0.2) is 15.2 Å². The van der Waals surface area contributed by atoms with Gasteiger partial charge in [0.25, 0.3) is 0 Å². The Hall–Kier alpha value is -0.160. The summed E-state index contributed by atoms with van der Waals surface area (Å²) in [6, 6.07) is 0. The lowest BCUT2D eigenvalue weighted by atomic mass is 10.4. The van der Waals surface area contributed by atoms with E-state index in [0.29, 0.717) is 0 Å². The highest BCUT2D eigenvalue weighted by molar-refractivity contribution is 8.68. The van der Waals surface area contributed by atoms with E-state index in [9.17, 15) is 0 Å². The molecule has 0 saturated heterocycles. The number of aromatic nitrogens is 3. The van der Waals surface area contributed by atoms with E-state index in [2.05, 4.69) is 26.8 Å². The minimum Gasteiger partial charge on any atom is -0.263 e. The topological polar surface area (TPSA) is 41.6 Å². The van der Waals surface area contributed by atoms with Crippen molar-refractivity contribution in [1.29, 1.82) is 0 Å². The van der Waals surface area contributed by atoms with Crippen LogP contribution in [0.1, 0.15) is 23.8 Å². The van der Waals surface area contributed by atoms with E-state index in [1.807, 2.05) is 13.8 Å². The second-order valence-corrected chi connectivity index (χ2v) is 3.58. The van der Waals surface area contributed by atoms with Gasteiger partial charge in [0.1, 0.15) is 5.82 Å². The van der Waals surface area contributed by atoms with Gasteiger partial charge in [0.05, 0.1) is 5.25 Å². The lowest BCUT2D eigenvalue weighted by molar-refractivity contribution is 0.931. The third-order valence-electron chi connectivity index (χ3n) is 1.14. The second-order valence-electron chi connectivity index (χ2n) is 2.03. The number of thiol groups is 1. The highest BCUT2D eigenvalue weighted by Crippen LogP contribution is 2.27. The number of aromatic amines is 1. The molecule has 0 spiro atoms. The van der Waals surface area contributed by atoms with E-state index < -0.39 is 0 Å². The Balaban J connectivity index is 2.74. The molecule has 0 fully saturated rings. The number of H-pyrrole nitrogens is 1. The van der Waals surface area contributed by atoms with Gasteiger partial charge in [0.15, 0.2) is 5.82 Å². The molecule has 3 nitrogen and oxygen atoms in total. The first kappa shape index (κ1) is 7.94. The summed E-state index contributed by atoms with van der Waals surface area (Å²) in [7, 11) is 1.44. The van der Waals surface area contributed by atoms with Crippen LogP contribution in [0.4, 0.5) is 0 Å². The van der Waals surface area contributed by atoms with Crippen LogP contribution in [0.25, 0.3) is 0 Å². The molecule has 1 unspecified atom stereocenters. The fourth-order valence-electron chi connectivity index (χ4n) is 0.589. The molecule has 1 heterocycles. The fourth-order valence-corrected chi connectivity index (χ4v) is 1.07. The number of nitrogens with one attached hydrogen (secondary N) is 1. The largest absolute Gasteiger partial charge is 0.263 e. The first-order chi connectivity index (χ1) is 4.74. The van der Waals surface area contributed by atoms with Gasteiger partial charge in [-0.3, -0.25) is 5.10 Å². The average Bonchev–Trinajstić information content (AvgIpc) is 2.34. The molecular weight excluding hydrogens is 166 g/mol. The monoisotopic (exact) mass is 175 g/mol. The highest BCUT2D eigenvalue weighted by atomic mass is 33.1. The third kappa shape index (κ3) is 1.67. The quantitative estimate of drug-likeness (QED) is 0.531. The van der Waals surface area contributed by atoms with Gasteiger partial charge in [-0.25, -0.2) is 4.98 Å². The Morgan fingerprint density at radius 1 is 1.70 bits per heavy atom. The molecule has 0 amide bonds. The maximum Gasteiger partial charge on any atom is 0.164 e. The summed E-state index contributed by atoms with van der Waals surface area (Å²) < 4.78 is 0. The summed E-state index contributed by atoms with van der Waals surface area (Å²) in [5, 5.41) is 7.01. The highest BCUT2D eigenvalue weighted by Gasteiger charge is 2.07. The van der Waals surface area contributed by atoms with Crippen LogP contribution in [-0.2, 0) is 0 Å². The van der Waals surface area contributed by atoms with Gasteiger partial charge in [-0.15, -0.1) is 11.7 Å². The first-order valence-electron chi connectivity index (χ1n) is 2.93. The first-order valence-corrected chi connectivity index (χ1v) is 4.86. The lowest BCUT2D eigenvalue weighted by Gasteiger charge is -1.97. The summed E-state index contributed by atoms with van der Waals surface area (Å²) >= 11 is 4.06. The minimum atomic E-state index is 0.258. The molecule has 1 N–H and O–H groups in total. The van der Waals surface area contributed by atoms with Gasteiger partial charge >= 0.3 is 0 Å². The van der Waals surface area contributed by atoms with Crippen LogP contribution in [0, 0.1) is 6.92 Å². The molecular formula is C5H9N3S2. The molecule has 0 saturated carbocycles. The van der Waals surface area contributed by atoms with Crippen molar-refractivity contribution in [2.75, 3.05) is 0 Å². The van der Waals surface area contributed by atoms with Crippen molar-refractivity contribution >= 4 is 22.5 Å². The molecule has 0 radical (unpaired) electrons. The van der Waals surface area contributed by atoms with E-state index in [0.717, 1.165) is 11.6 Å². The molecule has 0 aliphatic heterocycles. The summed E-state index contributed by atoms with van der Waals surface area (Å²) in [5.74, 6) is 1.67. The fraction of sp³-hybridized carbons (Fsp3) is 0.600. The Kier molecular flexibility index (Phi) is 2.62. The van der Waals surface area contributed by atoms with Gasteiger partial charge in [0.2, 0.25) is 0 Å². The summed E-state index contributed by atoms with van der Waals surface area (Å²) in [6.45, 7) is 3.90. The van der Waals surface area contributed by atoms with Gasteiger partial charge in [0, 0.05) is 0 Å². The molecule has 1 aromatic heterocycles.